The monoisotopic (exact) mass is 526 g/mol. The van der Waals surface area contributed by atoms with Crippen LogP contribution in [0, 0.1) is 17.8 Å². The van der Waals surface area contributed by atoms with Crippen molar-refractivity contribution in [2.75, 3.05) is 13.6 Å². The number of amides is 4. The summed E-state index contributed by atoms with van der Waals surface area (Å²) in [7, 11) is 1.37. The predicted octanol–water partition coefficient (Wildman–Crippen LogP) is 3.55. The molecule has 4 amide bonds. The molecule has 2 aromatic carbocycles. The first-order valence-corrected chi connectivity index (χ1v) is 12.8. The van der Waals surface area contributed by atoms with Crippen LogP contribution in [0.15, 0.2) is 48.0 Å². The standard InChI is InChI=1S/C27H24Cl2N2O5/c1-3-31-22(33)17-9-8-16-18(20(17)23(31)34)12-26(28)24(35)30(2)25(36)27(26,29)21(16)15-10-11-19(32)14-7-5-4-6-13(14)15/h4-8,10-11,17-18,20-21,32H,3,9,12H2,1-2H3. The van der Waals surface area contributed by atoms with Gasteiger partial charge in [-0.25, -0.2) is 0 Å². The molecule has 6 rings (SSSR count). The van der Waals surface area contributed by atoms with Crippen LogP contribution in [0.25, 0.3) is 10.8 Å². The van der Waals surface area contributed by atoms with Gasteiger partial charge in [-0.1, -0.05) is 42.0 Å². The minimum atomic E-state index is -1.84. The van der Waals surface area contributed by atoms with Crippen molar-refractivity contribution in [2.45, 2.75) is 35.4 Å². The van der Waals surface area contributed by atoms with Crippen molar-refractivity contribution in [1.82, 2.24) is 9.80 Å². The number of alkyl halides is 2. The topological polar surface area (TPSA) is 95.0 Å². The summed E-state index contributed by atoms with van der Waals surface area (Å²) in [6.07, 6.45) is 2.23. The number of likely N-dealkylation sites (tertiary alicyclic amines) is 2. The van der Waals surface area contributed by atoms with E-state index in [4.69, 9.17) is 23.2 Å². The zero-order valence-electron chi connectivity index (χ0n) is 19.7. The molecule has 186 valence electrons. The highest BCUT2D eigenvalue weighted by Gasteiger charge is 2.75. The maximum Gasteiger partial charge on any atom is 0.253 e. The van der Waals surface area contributed by atoms with E-state index in [1.54, 1.807) is 25.1 Å². The Kier molecular flexibility index (Phi) is 4.93. The lowest BCUT2D eigenvalue weighted by atomic mass is 9.56. The Bertz CT molecular complexity index is 1420. The molecule has 36 heavy (non-hydrogen) atoms. The summed E-state index contributed by atoms with van der Waals surface area (Å²) >= 11 is 14.4. The number of imide groups is 2. The lowest BCUT2D eigenvalue weighted by molar-refractivity contribution is -0.141. The number of phenols is 1. The highest BCUT2D eigenvalue weighted by Crippen LogP contribution is 2.65. The van der Waals surface area contributed by atoms with E-state index in [9.17, 15) is 24.3 Å². The number of rotatable bonds is 2. The Labute approximate surface area is 217 Å². The fourth-order valence-corrected chi connectivity index (χ4v) is 8.04. The minimum absolute atomic E-state index is 0.0247. The van der Waals surface area contributed by atoms with Gasteiger partial charge in [0, 0.05) is 24.9 Å². The van der Waals surface area contributed by atoms with E-state index in [0.29, 0.717) is 22.8 Å². The molecule has 2 aliphatic heterocycles. The molecule has 2 heterocycles. The first-order chi connectivity index (χ1) is 17.1. The van der Waals surface area contributed by atoms with E-state index in [1.807, 2.05) is 18.2 Å². The number of halogens is 2. The van der Waals surface area contributed by atoms with Gasteiger partial charge < -0.3 is 5.11 Å². The van der Waals surface area contributed by atoms with Crippen LogP contribution in [0.2, 0.25) is 0 Å². The van der Waals surface area contributed by atoms with Gasteiger partial charge in [-0.05, 0) is 42.7 Å². The molecule has 2 aliphatic carbocycles. The summed E-state index contributed by atoms with van der Waals surface area (Å²) in [6.45, 7) is 2.03. The number of nitrogens with zero attached hydrogens (tertiary/aromatic N) is 2. The molecule has 1 N–H and O–H groups in total. The highest BCUT2D eigenvalue weighted by molar-refractivity contribution is 6.53. The molecule has 7 nitrogen and oxygen atoms in total. The number of carbonyl (C=O) groups excluding carboxylic acids is 4. The van der Waals surface area contributed by atoms with Crippen LogP contribution in [0.3, 0.4) is 0 Å². The lowest BCUT2D eigenvalue weighted by Crippen LogP contribution is -2.60. The average Bonchev–Trinajstić information content (AvgIpc) is 3.19. The van der Waals surface area contributed by atoms with Crippen molar-refractivity contribution in [3.63, 3.8) is 0 Å². The maximum absolute atomic E-state index is 13.7. The van der Waals surface area contributed by atoms with Gasteiger partial charge in [0.05, 0.1) is 11.8 Å². The van der Waals surface area contributed by atoms with E-state index in [-0.39, 0.29) is 30.5 Å². The first-order valence-electron chi connectivity index (χ1n) is 12.0. The van der Waals surface area contributed by atoms with Crippen LogP contribution < -0.4 is 0 Å². The average molecular weight is 527 g/mol. The Hall–Kier alpha value is -2.90. The number of aromatic hydroxyl groups is 1. The smallest absolute Gasteiger partial charge is 0.253 e. The van der Waals surface area contributed by atoms with Crippen LogP contribution in [-0.4, -0.2) is 61.9 Å². The van der Waals surface area contributed by atoms with Crippen molar-refractivity contribution >= 4 is 57.6 Å². The summed E-state index contributed by atoms with van der Waals surface area (Å²) in [4.78, 5) is 52.2. The summed E-state index contributed by atoms with van der Waals surface area (Å²) in [5.41, 5.74) is 1.38. The van der Waals surface area contributed by atoms with Gasteiger partial charge in [0.15, 0.2) is 9.75 Å². The van der Waals surface area contributed by atoms with Crippen molar-refractivity contribution < 1.29 is 24.3 Å². The third kappa shape index (κ3) is 2.60. The molecular weight excluding hydrogens is 503 g/mol. The van der Waals surface area contributed by atoms with Gasteiger partial charge in [0.25, 0.3) is 11.8 Å². The molecule has 4 aliphatic rings. The number of hydrogen-bond donors (Lipinski definition) is 1. The van der Waals surface area contributed by atoms with Crippen LogP contribution >= 0.6 is 23.2 Å². The Morgan fingerprint density at radius 3 is 2.36 bits per heavy atom. The summed E-state index contributed by atoms with van der Waals surface area (Å²) in [5, 5.41) is 11.8. The molecule has 1 saturated carbocycles. The summed E-state index contributed by atoms with van der Waals surface area (Å²) in [5.74, 6) is -4.22. The quantitative estimate of drug-likeness (QED) is 0.366. The van der Waals surface area contributed by atoms with E-state index in [2.05, 4.69) is 0 Å². The highest BCUT2D eigenvalue weighted by atomic mass is 35.5. The fraction of sp³-hybridized carbons (Fsp3) is 0.407. The molecule has 0 spiro atoms. The minimum Gasteiger partial charge on any atom is -0.507 e. The van der Waals surface area contributed by atoms with Crippen LogP contribution in [0.5, 0.6) is 5.75 Å². The number of benzene rings is 2. The number of fused-ring (bicyclic) bond motifs is 5. The zero-order chi connectivity index (χ0) is 25.7. The van der Waals surface area contributed by atoms with Gasteiger partial charge in [0.2, 0.25) is 11.8 Å². The van der Waals surface area contributed by atoms with Gasteiger partial charge in [-0.15, -0.1) is 23.2 Å². The largest absolute Gasteiger partial charge is 0.507 e. The zero-order valence-corrected chi connectivity index (χ0v) is 21.2. The second-order valence-corrected chi connectivity index (χ2v) is 11.4. The third-order valence-electron chi connectivity index (χ3n) is 8.67. The van der Waals surface area contributed by atoms with E-state index >= 15 is 0 Å². The molecule has 0 aromatic heterocycles. The second kappa shape index (κ2) is 7.56. The molecule has 9 heteroatoms. The maximum atomic E-state index is 13.7. The SMILES string of the molecule is CCN1C(=O)C2CC=C3C(CC4(Cl)C(=O)N(C)C(=O)C4(Cl)C3c3ccc(O)c4ccccc34)C2C1=O. The molecule has 2 aromatic rings. The summed E-state index contributed by atoms with van der Waals surface area (Å²) < 4.78 is 0. The molecule has 0 bridgehead atoms. The number of phenolic OH excluding ortho intramolecular Hbond substituents is 1. The molecule has 2 saturated heterocycles. The lowest BCUT2D eigenvalue weighted by Gasteiger charge is -2.51. The fourth-order valence-electron chi connectivity index (χ4n) is 7.02. The van der Waals surface area contributed by atoms with Gasteiger partial charge in [-0.2, -0.15) is 0 Å². The van der Waals surface area contributed by atoms with Crippen molar-refractivity contribution in [3.8, 4) is 5.75 Å². The van der Waals surface area contributed by atoms with Crippen LogP contribution in [-0.2, 0) is 19.2 Å². The second-order valence-electron chi connectivity index (χ2n) is 10.1. The third-order valence-corrected chi connectivity index (χ3v) is 10.1. The summed E-state index contributed by atoms with van der Waals surface area (Å²) in [6, 6.07) is 10.4. The first kappa shape index (κ1) is 23.5. The number of allylic oxidation sites excluding steroid dienone is 2. The van der Waals surface area contributed by atoms with E-state index in [1.165, 1.54) is 18.0 Å². The normalized spacial score (nSPS) is 35.7. The van der Waals surface area contributed by atoms with Crippen LogP contribution in [0.4, 0.5) is 0 Å². The van der Waals surface area contributed by atoms with Crippen molar-refractivity contribution in [2.24, 2.45) is 17.8 Å². The van der Waals surface area contributed by atoms with Crippen molar-refractivity contribution in [1.29, 1.82) is 0 Å². The van der Waals surface area contributed by atoms with Gasteiger partial charge in [-0.3, -0.25) is 29.0 Å². The molecule has 3 fully saturated rings. The Morgan fingerprint density at radius 1 is 0.972 bits per heavy atom. The van der Waals surface area contributed by atoms with E-state index < -0.39 is 45.2 Å². The number of hydrogen-bond acceptors (Lipinski definition) is 5. The Balaban J connectivity index is 1.64. The molecule has 6 atom stereocenters. The van der Waals surface area contributed by atoms with Crippen molar-refractivity contribution in [3.05, 3.63) is 53.6 Å². The molecule has 0 radical (unpaired) electrons. The van der Waals surface area contributed by atoms with Gasteiger partial charge >= 0.3 is 0 Å². The Morgan fingerprint density at radius 2 is 1.67 bits per heavy atom. The van der Waals surface area contributed by atoms with Gasteiger partial charge in [0.1, 0.15) is 5.75 Å². The van der Waals surface area contributed by atoms with Crippen LogP contribution in [0.1, 0.15) is 31.2 Å². The number of carbonyl (C=O) groups is 4. The van der Waals surface area contributed by atoms with E-state index in [0.717, 1.165) is 10.5 Å². The predicted molar refractivity (Wildman–Crippen MR) is 133 cm³/mol. The molecule has 6 unspecified atom stereocenters. The molecular formula is C27H24Cl2N2O5.